The predicted molar refractivity (Wildman–Crippen MR) is 62.1 cm³/mol. The number of carbonyl (C=O) groups excluding carboxylic acids is 2. The second kappa shape index (κ2) is 5.87. The molecule has 0 aromatic heterocycles. The fourth-order valence-electron chi connectivity index (χ4n) is 1.60. The number of benzene rings is 1. The van der Waals surface area contributed by atoms with Gasteiger partial charge in [0.25, 0.3) is 0 Å². The van der Waals surface area contributed by atoms with E-state index in [1.165, 1.54) is 0 Å². The number of hydrogen-bond acceptors (Lipinski definition) is 6. The van der Waals surface area contributed by atoms with E-state index in [2.05, 4.69) is 4.74 Å². The van der Waals surface area contributed by atoms with Crippen molar-refractivity contribution in [3.63, 3.8) is 0 Å². The summed E-state index contributed by atoms with van der Waals surface area (Å²) in [6.45, 7) is -0.0998. The monoisotopic (exact) mass is 261 g/mol. The highest BCUT2D eigenvalue weighted by Crippen LogP contribution is 2.17. The van der Waals surface area contributed by atoms with Crippen molar-refractivity contribution in [2.75, 3.05) is 13.2 Å². The highest BCUT2D eigenvalue weighted by Gasteiger charge is 2.30. The van der Waals surface area contributed by atoms with Crippen LogP contribution in [0.4, 0.5) is 0 Å². The number of rotatable bonds is 4. The lowest BCUT2D eigenvalue weighted by Crippen LogP contribution is -2.26. The molecule has 0 radical (unpaired) electrons. The maximum Gasteiger partial charge on any atom is 0.347 e. The number of nitrogens with zero attached hydrogens (tertiary/aromatic N) is 1. The lowest BCUT2D eigenvalue weighted by atomic mass is 10.2. The fraction of sp³-hybridized carbons (Fsp3) is 0.308. The van der Waals surface area contributed by atoms with E-state index in [9.17, 15) is 9.59 Å². The fourth-order valence-corrected chi connectivity index (χ4v) is 1.60. The van der Waals surface area contributed by atoms with Gasteiger partial charge in [0.05, 0.1) is 12.2 Å². The zero-order valence-electron chi connectivity index (χ0n) is 10.00. The van der Waals surface area contributed by atoms with E-state index in [0.29, 0.717) is 17.7 Å². The largest absolute Gasteiger partial charge is 0.481 e. The third-order valence-electron chi connectivity index (χ3n) is 2.51. The second-order valence-corrected chi connectivity index (χ2v) is 3.83. The van der Waals surface area contributed by atoms with Gasteiger partial charge >= 0.3 is 11.9 Å². The maximum absolute atomic E-state index is 11.5. The Hall–Kier alpha value is -2.55. The maximum atomic E-state index is 11.5. The topological polar surface area (TPSA) is 85.6 Å². The van der Waals surface area contributed by atoms with Gasteiger partial charge in [0, 0.05) is 6.42 Å². The van der Waals surface area contributed by atoms with Crippen LogP contribution in [0.2, 0.25) is 0 Å². The van der Waals surface area contributed by atoms with E-state index in [1.54, 1.807) is 24.3 Å². The minimum Gasteiger partial charge on any atom is -0.481 e. The molecule has 1 aliphatic heterocycles. The van der Waals surface area contributed by atoms with Gasteiger partial charge in [-0.3, -0.25) is 0 Å². The molecule has 2 rings (SSSR count). The molecular weight excluding hydrogens is 250 g/mol. The van der Waals surface area contributed by atoms with Crippen molar-refractivity contribution in [3.8, 4) is 11.8 Å². The lowest BCUT2D eigenvalue weighted by Gasteiger charge is -2.10. The van der Waals surface area contributed by atoms with Crippen LogP contribution < -0.4 is 4.74 Å². The van der Waals surface area contributed by atoms with Crippen molar-refractivity contribution in [1.29, 1.82) is 5.26 Å². The van der Waals surface area contributed by atoms with Crippen LogP contribution in [0, 0.1) is 11.3 Å². The minimum absolute atomic E-state index is 0.259. The molecule has 1 aliphatic rings. The minimum atomic E-state index is -0.845. The van der Waals surface area contributed by atoms with E-state index in [1.807, 2.05) is 6.07 Å². The summed E-state index contributed by atoms with van der Waals surface area (Å²) in [7, 11) is 0. The Bertz CT molecular complexity index is 534. The molecule has 0 aliphatic carbocycles. The average Bonchev–Trinajstić information content (AvgIpc) is 2.82. The molecule has 6 nitrogen and oxygen atoms in total. The zero-order valence-corrected chi connectivity index (χ0v) is 10.00. The molecule has 0 bridgehead atoms. The first-order chi connectivity index (χ1) is 9.20. The molecule has 1 saturated heterocycles. The zero-order chi connectivity index (χ0) is 13.7. The van der Waals surface area contributed by atoms with Gasteiger partial charge in [-0.25, -0.2) is 9.59 Å². The van der Waals surface area contributed by atoms with Crippen LogP contribution in [-0.2, 0) is 19.1 Å². The van der Waals surface area contributed by atoms with Crippen LogP contribution in [0.25, 0.3) is 0 Å². The molecule has 1 atom stereocenters. The number of nitriles is 1. The van der Waals surface area contributed by atoms with E-state index < -0.39 is 18.0 Å². The number of ether oxygens (including phenoxy) is 3. The van der Waals surface area contributed by atoms with Crippen LogP contribution in [-0.4, -0.2) is 31.3 Å². The first-order valence-corrected chi connectivity index (χ1v) is 5.69. The van der Waals surface area contributed by atoms with Crippen molar-refractivity contribution in [1.82, 2.24) is 0 Å². The molecule has 1 fully saturated rings. The van der Waals surface area contributed by atoms with Gasteiger partial charge in [0.1, 0.15) is 11.8 Å². The van der Waals surface area contributed by atoms with Crippen molar-refractivity contribution in [3.05, 3.63) is 29.8 Å². The summed E-state index contributed by atoms with van der Waals surface area (Å²) in [5, 5.41) is 8.84. The van der Waals surface area contributed by atoms with Gasteiger partial charge in [0.2, 0.25) is 6.10 Å². The van der Waals surface area contributed by atoms with E-state index in [-0.39, 0.29) is 13.2 Å². The Morgan fingerprint density at radius 3 is 2.95 bits per heavy atom. The molecule has 0 saturated carbocycles. The number of para-hydroxylation sites is 1. The van der Waals surface area contributed by atoms with Crippen LogP contribution >= 0.6 is 0 Å². The standard InChI is InChI=1S/C13H11NO5/c14-7-9-3-1-2-4-10(9)18-8-12(15)19-11-5-6-17-13(11)16/h1-4,11H,5-6,8H2. The molecule has 0 spiro atoms. The molecule has 1 aromatic rings. The Labute approximate surface area is 109 Å². The van der Waals surface area contributed by atoms with E-state index >= 15 is 0 Å². The Balaban J connectivity index is 1.87. The van der Waals surface area contributed by atoms with E-state index in [4.69, 9.17) is 14.7 Å². The summed E-state index contributed by atoms with van der Waals surface area (Å²) in [5.74, 6) is -0.904. The number of hydrogen-bond donors (Lipinski definition) is 0. The molecule has 19 heavy (non-hydrogen) atoms. The molecule has 6 heteroatoms. The third kappa shape index (κ3) is 3.22. The number of carbonyl (C=O) groups is 2. The van der Waals surface area contributed by atoms with Crippen molar-refractivity contribution in [2.45, 2.75) is 12.5 Å². The average molecular weight is 261 g/mol. The van der Waals surface area contributed by atoms with E-state index in [0.717, 1.165) is 0 Å². The highest BCUT2D eigenvalue weighted by atomic mass is 16.6. The van der Waals surface area contributed by atoms with Gasteiger partial charge in [-0.2, -0.15) is 5.26 Å². The van der Waals surface area contributed by atoms with Gasteiger partial charge in [-0.1, -0.05) is 12.1 Å². The van der Waals surface area contributed by atoms with Crippen molar-refractivity contribution in [2.24, 2.45) is 0 Å². The number of esters is 2. The van der Waals surface area contributed by atoms with Crippen LogP contribution in [0.3, 0.4) is 0 Å². The van der Waals surface area contributed by atoms with Crippen LogP contribution in [0.1, 0.15) is 12.0 Å². The van der Waals surface area contributed by atoms with Gasteiger partial charge < -0.3 is 14.2 Å². The Kier molecular flexibility index (Phi) is 3.98. The van der Waals surface area contributed by atoms with Gasteiger partial charge in [-0.05, 0) is 12.1 Å². The summed E-state index contributed by atoms with van der Waals surface area (Å²) in [6.07, 6.45) is -0.485. The predicted octanol–water partition coefficient (Wildman–Crippen LogP) is 0.796. The van der Waals surface area contributed by atoms with Crippen LogP contribution in [0.5, 0.6) is 5.75 Å². The molecule has 1 unspecified atom stereocenters. The smallest absolute Gasteiger partial charge is 0.347 e. The third-order valence-corrected chi connectivity index (χ3v) is 2.51. The molecule has 1 aromatic carbocycles. The first-order valence-electron chi connectivity index (χ1n) is 5.69. The normalized spacial score (nSPS) is 17.4. The van der Waals surface area contributed by atoms with Gasteiger partial charge in [0.15, 0.2) is 6.61 Å². The second-order valence-electron chi connectivity index (χ2n) is 3.83. The van der Waals surface area contributed by atoms with Crippen molar-refractivity contribution >= 4 is 11.9 Å². The summed E-state index contributed by atoms with van der Waals surface area (Å²) < 4.78 is 14.7. The molecule has 0 N–H and O–H groups in total. The summed E-state index contributed by atoms with van der Waals surface area (Å²) in [6, 6.07) is 8.49. The highest BCUT2D eigenvalue weighted by molar-refractivity contribution is 5.81. The lowest BCUT2D eigenvalue weighted by molar-refractivity contribution is -0.161. The SMILES string of the molecule is N#Cc1ccccc1OCC(=O)OC1CCOC1=O. The summed E-state index contributed by atoms with van der Waals surface area (Å²) >= 11 is 0. The summed E-state index contributed by atoms with van der Waals surface area (Å²) in [4.78, 5) is 22.6. The Morgan fingerprint density at radius 1 is 1.47 bits per heavy atom. The molecular formula is C13H11NO5. The van der Waals surface area contributed by atoms with Crippen LogP contribution in [0.15, 0.2) is 24.3 Å². The Morgan fingerprint density at radius 2 is 2.26 bits per heavy atom. The first kappa shape index (κ1) is 12.9. The molecule has 0 amide bonds. The number of cyclic esters (lactones) is 1. The van der Waals surface area contributed by atoms with Crippen molar-refractivity contribution < 1.29 is 23.8 Å². The molecule has 98 valence electrons. The molecule has 1 heterocycles. The summed E-state index contributed by atoms with van der Waals surface area (Å²) in [5.41, 5.74) is 0.329. The van der Waals surface area contributed by atoms with Gasteiger partial charge in [-0.15, -0.1) is 0 Å². The quantitative estimate of drug-likeness (QED) is 0.745.